The smallest absolute Gasteiger partial charge is 0.174 e. The van der Waals surface area contributed by atoms with Crippen molar-refractivity contribution in [2.24, 2.45) is 11.8 Å². The maximum absolute atomic E-state index is 6.47. The Kier molecular flexibility index (Phi) is 4.88. The zero-order valence-corrected chi connectivity index (χ0v) is 18.3. The summed E-state index contributed by atoms with van der Waals surface area (Å²) >= 11 is 12.9. The van der Waals surface area contributed by atoms with Crippen LogP contribution in [0, 0.1) is 11.8 Å². The highest BCUT2D eigenvalue weighted by atomic mass is 35.5. The van der Waals surface area contributed by atoms with Gasteiger partial charge in [0.1, 0.15) is 11.5 Å². The second kappa shape index (κ2) is 7.49. The van der Waals surface area contributed by atoms with Gasteiger partial charge in [0.05, 0.1) is 36.0 Å². The fourth-order valence-electron chi connectivity index (χ4n) is 5.73. The van der Waals surface area contributed by atoms with Crippen LogP contribution >= 0.6 is 23.2 Å². The van der Waals surface area contributed by atoms with Gasteiger partial charge in [0.25, 0.3) is 0 Å². The third-order valence-corrected chi connectivity index (χ3v) is 7.89. The van der Waals surface area contributed by atoms with Gasteiger partial charge in [-0.05, 0) is 50.7 Å². The minimum absolute atomic E-state index is 0.192. The number of rotatable bonds is 5. The topological polar surface area (TPSA) is 53.7 Å². The molecule has 0 amide bonds. The number of benzene rings is 1. The molecule has 1 spiro atoms. The molecule has 6 rings (SSSR count). The summed E-state index contributed by atoms with van der Waals surface area (Å²) in [5, 5.41) is 5.52. The molecular weight excluding hydrogens is 425 g/mol. The third kappa shape index (κ3) is 3.13. The minimum Gasteiger partial charge on any atom is -0.373 e. The van der Waals surface area contributed by atoms with Crippen molar-refractivity contribution in [1.29, 1.82) is 0 Å². The Morgan fingerprint density at radius 3 is 2.30 bits per heavy atom. The first-order valence-electron chi connectivity index (χ1n) is 11.0. The van der Waals surface area contributed by atoms with E-state index in [9.17, 15) is 0 Å². The average molecular weight is 450 g/mol. The van der Waals surface area contributed by atoms with Gasteiger partial charge < -0.3 is 18.7 Å². The largest absolute Gasteiger partial charge is 0.373 e. The van der Waals surface area contributed by atoms with Crippen LogP contribution in [0.3, 0.4) is 0 Å². The average Bonchev–Trinajstić information content (AvgIpc) is 3.28. The van der Waals surface area contributed by atoms with E-state index in [2.05, 4.69) is 5.16 Å². The van der Waals surface area contributed by atoms with Crippen LogP contribution in [0.15, 0.2) is 22.7 Å². The Balaban J connectivity index is 1.24. The molecule has 1 saturated heterocycles. The second-order valence-corrected chi connectivity index (χ2v) is 9.85. The van der Waals surface area contributed by atoms with E-state index >= 15 is 0 Å². The van der Waals surface area contributed by atoms with Crippen molar-refractivity contribution in [3.8, 4) is 11.3 Å². The van der Waals surface area contributed by atoms with E-state index in [0.717, 1.165) is 55.4 Å². The van der Waals surface area contributed by atoms with E-state index in [1.54, 1.807) is 0 Å². The van der Waals surface area contributed by atoms with Gasteiger partial charge >= 0.3 is 0 Å². The first kappa shape index (κ1) is 19.6. The van der Waals surface area contributed by atoms with Crippen LogP contribution in [0.1, 0.15) is 55.8 Å². The number of nitrogens with zero attached hydrogens (tertiary/aromatic N) is 1. The molecule has 2 heterocycles. The molecule has 0 N–H and O–H groups in total. The van der Waals surface area contributed by atoms with E-state index in [4.69, 9.17) is 41.9 Å². The van der Waals surface area contributed by atoms with Crippen molar-refractivity contribution in [2.75, 3.05) is 13.2 Å². The summed E-state index contributed by atoms with van der Waals surface area (Å²) in [5.41, 5.74) is 2.43. The Hall–Kier alpha value is -1.11. The molecule has 4 fully saturated rings. The predicted molar refractivity (Wildman–Crippen MR) is 113 cm³/mol. The van der Waals surface area contributed by atoms with Crippen LogP contribution in [0.25, 0.3) is 11.3 Å². The first-order chi connectivity index (χ1) is 14.7. The van der Waals surface area contributed by atoms with Gasteiger partial charge in [-0.3, -0.25) is 0 Å². The minimum atomic E-state index is -0.341. The van der Waals surface area contributed by atoms with Crippen LogP contribution in [-0.2, 0) is 20.8 Å². The molecule has 7 heteroatoms. The fourth-order valence-corrected chi connectivity index (χ4v) is 6.31. The Morgan fingerprint density at radius 1 is 1.00 bits per heavy atom. The quantitative estimate of drug-likeness (QED) is 0.562. The SMILES string of the molecule is Clc1cccc(Cl)c1-c1noc(C2CC2)c1COC1C[C@H]2CC[C@@H](C1)C21OCCO1. The normalized spacial score (nSPS) is 29.7. The summed E-state index contributed by atoms with van der Waals surface area (Å²) in [6, 6.07) is 5.50. The van der Waals surface area contributed by atoms with Crippen molar-refractivity contribution < 1.29 is 18.7 Å². The lowest BCUT2D eigenvalue weighted by molar-refractivity contribution is -0.238. The maximum atomic E-state index is 6.47. The van der Waals surface area contributed by atoms with Crippen molar-refractivity contribution in [3.63, 3.8) is 0 Å². The molecule has 3 aliphatic carbocycles. The fraction of sp³-hybridized carbons (Fsp3) is 0.609. The molecule has 2 aromatic rings. The van der Waals surface area contributed by atoms with Crippen LogP contribution in [0.5, 0.6) is 0 Å². The van der Waals surface area contributed by atoms with E-state index in [-0.39, 0.29) is 11.9 Å². The molecule has 4 aliphatic rings. The summed E-state index contributed by atoms with van der Waals surface area (Å²) in [5.74, 6) is 1.86. The number of ether oxygens (including phenoxy) is 3. The van der Waals surface area contributed by atoms with E-state index in [0.29, 0.717) is 53.3 Å². The Bertz CT molecular complexity index is 914. The molecule has 3 saturated carbocycles. The van der Waals surface area contributed by atoms with Crippen molar-refractivity contribution in [3.05, 3.63) is 39.6 Å². The Morgan fingerprint density at radius 2 is 1.67 bits per heavy atom. The number of halogens is 2. The van der Waals surface area contributed by atoms with E-state index in [1.165, 1.54) is 0 Å². The van der Waals surface area contributed by atoms with Crippen LogP contribution in [0.4, 0.5) is 0 Å². The van der Waals surface area contributed by atoms with E-state index < -0.39 is 0 Å². The molecule has 1 aromatic carbocycles. The lowest BCUT2D eigenvalue weighted by Gasteiger charge is -2.41. The van der Waals surface area contributed by atoms with Gasteiger partial charge in [0, 0.05) is 28.9 Å². The number of hydrogen-bond acceptors (Lipinski definition) is 5. The molecule has 0 radical (unpaired) electrons. The molecule has 2 bridgehead atoms. The highest BCUT2D eigenvalue weighted by Gasteiger charge is 2.58. The third-order valence-electron chi connectivity index (χ3n) is 7.26. The predicted octanol–water partition coefficient (Wildman–Crippen LogP) is 5.97. The van der Waals surface area contributed by atoms with E-state index in [1.807, 2.05) is 18.2 Å². The molecule has 5 nitrogen and oxygen atoms in total. The number of aromatic nitrogens is 1. The zero-order valence-electron chi connectivity index (χ0n) is 16.7. The Labute approximate surface area is 185 Å². The summed E-state index contributed by atoms with van der Waals surface area (Å²) in [7, 11) is 0. The molecule has 30 heavy (non-hydrogen) atoms. The number of hydrogen-bond donors (Lipinski definition) is 0. The van der Waals surface area contributed by atoms with Crippen LogP contribution in [-0.4, -0.2) is 30.3 Å². The molecule has 160 valence electrons. The summed E-state index contributed by atoms with van der Waals surface area (Å²) < 4.78 is 24.4. The van der Waals surface area contributed by atoms with Crippen molar-refractivity contribution in [1.82, 2.24) is 5.16 Å². The van der Waals surface area contributed by atoms with Gasteiger partial charge in [-0.2, -0.15) is 0 Å². The van der Waals surface area contributed by atoms with Crippen LogP contribution < -0.4 is 0 Å². The lowest BCUT2D eigenvalue weighted by Crippen LogP contribution is -2.47. The van der Waals surface area contributed by atoms with Crippen LogP contribution in [0.2, 0.25) is 10.0 Å². The maximum Gasteiger partial charge on any atom is 0.174 e. The standard InChI is InChI=1S/C23H25Cl2NO4/c24-18-2-1-3-19(25)20(18)21-17(22(30-26-21)13-4-5-13)12-27-16-10-14-6-7-15(11-16)23(14)28-8-9-29-23/h1-3,13-16H,4-12H2/t14-,15+,16?. The second-order valence-electron chi connectivity index (χ2n) is 9.04. The van der Waals surface area contributed by atoms with Crippen molar-refractivity contribution >= 4 is 23.2 Å². The summed E-state index contributed by atoms with van der Waals surface area (Å²) in [6.07, 6.45) is 6.71. The van der Waals surface area contributed by atoms with Gasteiger partial charge in [-0.1, -0.05) is 34.4 Å². The zero-order chi connectivity index (χ0) is 20.3. The lowest BCUT2D eigenvalue weighted by atomic mass is 9.81. The van der Waals surface area contributed by atoms with Gasteiger partial charge in [-0.15, -0.1) is 0 Å². The highest BCUT2D eigenvalue weighted by molar-refractivity contribution is 6.39. The van der Waals surface area contributed by atoms with Gasteiger partial charge in [0.2, 0.25) is 0 Å². The molecule has 1 aromatic heterocycles. The molecule has 3 atom stereocenters. The molecular formula is C23H25Cl2NO4. The highest BCUT2D eigenvalue weighted by Crippen LogP contribution is 2.55. The summed E-state index contributed by atoms with van der Waals surface area (Å²) in [6.45, 7) is 1.89. The van der Waals surface area contributed by atoms with Crippen molar-refractivity contribution in [2.45, 2.75) is 62.9 Å². The first-order valence-corrected chi connectivity index (χ1v) is 11.7. The monoisotopic (exact) mass is 449 g/mol. The summed E-state index contributed by atoms with van der Waals surface area (Å²) in [4.78, 5) is 0. The molecule has 1 aliphatic heterocycles. The van der Waals surface area contributed by atoms with Gasteiger partial charge in [-0.25, -0.2) is 0 Å². The van der Waals surface area contributed by atoms with Gasteiger partial charge in [0.15, 0.2) is 5.79 Å². The molecule has 1 unspecified atom stereocenters.